The van der Waals surface area contributed by atoms with Crippen LogP contribution in [0, 0.1) is 0 Å². The van der Waals surface area contributed by atoms with Crippen molar-refractivity contribution in [1.82, 2.24) is 4.98 Å². The second kappa shape index (κ2) is 12.7. The molecular formula is C24H32BrNO. The van der Waals surface area contributed by atoms with E-state index in [1.54, 1.807) is 0 Å². The second-order valence-electron chi connectivity index (χ2n) is 7.15. The SMILES string of the molecule is CCCCCCCCCCCC(=O)Br.c1ccc2c(c1)[nH]c1ccccc12. The highest BCUT2D eigenvalue weighted by molar-refractivity contribution is 9.18. The molecule has 0 radical (unpaired) electrons. The van der Waals surface area contributed by atoms with E-state index in [9.17, 15) is 4.79 Å². The minimum absolute atomic E-state index is 0.153. The molecule has 0 unspecified atom stereocenters. The number of hydrogen-bond acceptors (Lipinski definition) is 1. The summed E-state index contributed by atoms with van der Waals surface area (Å²) in [6, 6.07) is 16.8. The van der Waals surface area contributed by atoms with Crippen LogP contribution in [0.1, 0.15) is 71.1 Å². The third-order valence-electron chi connectivity index (χ3n) is 4.89. The van der Waals surface area contributed by atoms with Crippen LogP contribution in [0.3, 0.4) is 0 Å². The molecule has 0 aliphatic heterocycles. The Morgan fingerprint density at radius 2 is 1.19 bits per heavy atom. The van der Waals surface area contributed by atoms with Crippen LogP contribution in [-0.2, 0) is 4.79 Å². The molecule has 0 amide bonds. The van der Waals surface area contributed by atoms with E-state index in [1.165, 1.54) is 73.2 Å². The first-order valence-electron chi connectivity index (χ1n) is 10.4. The number of fused-ring (bicyclic) bond motifs is 3. The van der Waals surface area contributed by atoms with Crippen molar-refractivity contribution < 1.29 is 4.79 Å². The highest BCUT2D eigenvalue weighted by Gasteiger charge is 2.00. The van der Waals surface area contributed by atoms with E-state index in [2.05, 4.69) is 76.4 Å². The van der Waals surface area contributed by atoms with Gasteiger partial charge in [0.15, 0.2) is 4.69 Å². The van der Waals surface area contributed by atoms with E-state index < -0.39 is 0 Å². The molecule has 146 valence electrons. The first-order valence-corrected chi connectivity index (χ1v) is 11.2. The number of carbonyl (C=O) groups excluding carboxylic acids is 1. The summed E-state index contributed by atoms with van der Waals surface area (Å²) in [6.07, 6.45) is 12.5. The smallest absolute Gasteiger partial charge is 0.197 e. The lowest BCUT2D eigenvalue weighted by atomic mass is 10.1. The van der Waals surface area contributed by atoms with Gasteiger partial charge in [-0.2, -0.15) is 0 Å². The van der Waals surface area contributed by atoms with Gasteiger partial charge in [-0.25, -0.2) is 0 Å². The molecule has 3 heteroatoms. The first kappa shape index (κ1) is 21.7. The number of nitrogens with one attached hydrogen (secondary N) is 1. The fraction of sp³-hybridized carbons (Fsp3) is 0.458. The summed E-state index contributed by atoms with van der Waals surface area (Å²) in [7, 11) is 0. The lowest BCUT2D eigenvalue weighted by molar-refractivity contribution is -0.110. The fourth-order valence-corrected chi connectivity index (χ4v) is 3.65. The zero-order valence-corrected chi connectivity index (χ0v) is 18.1. The molecule has 0 fully saturated rings. The van der Waals surface area contributed by atoms with E-state index in [0.29, 0.717) is 6.42 Å². The van der Waals surface area contributed by atoms with E-state index in [4.69, 9.17) is 0 Å². The van der Waals surface area contributed by atoms with Crippen molar-refractivity contribution in [2.75, 3.05) is 0 Å². The van der Waals surface area contributed by atoms with Gasteiger partial charge in [-0.15, -0.1) is 0 Å². The van der Waals surface area contributed by atoms with Crippen LogP contribution in [0.15, 0.2) is 48.5 Å². The van der Waals surface area contributed by atoms with Crippen molar-refractivity contribution in [3.05, 3.63) is 48.5 Å². The van der Waals surface area contributed by atoms with Gasteiger partial charge in [0.25, 0.3) is 0 Å². The van der Waals surface area contributed by atoms with Gasteiger partial charge in [0.1, 0.15) is 0 Å². The van der Waals surface area contributed by atoms with Crippen molar-refractivity contribution in [3.63, 3.8) is 0 Å². The first-order chi connectivity index (χ1) is 13.2. The van der Waals surface area contributed by atoms with E-state index >= 15 is 0 Å². The zero-order valence-electron chi connectivity index (χ0n) is 16.5. The number of hydrogen-bond donors (Lipinski definition) is 1. The molecule has 0 atom stereocenters. The maximum atomic E-state index is 10.6. The van der Waals surface area contributed by atoms with Crippen molar-refractivity contribution in [1.29, 1.82) is 0 Å². The second-order valence-corrected chi connectivity index (χ2v) is 8.03. The third kappa shape index (κ3) is 7.88. The molecule has 2 aromatic carbocycles. The van der Waals surface area contributed by atoms with Gasteiger partial charge >= 0.3 is 0 Å². The average Bonchev–Trinajstić information content (AvgIpc) is 3.06. The van der Waals surface area contributed by atoms with Crippen LogP contribution in [-0.4, -0.2) is 9.68 Å². The number of para-hydroxylation sites is 2. The molecule has 3 aromatic rings. The van der Waals surface area contributed by atoms with Gasteiger partial charge < -0.3 is 4.98 Å². The summed E-state index contributed by atoms with van der Waals surface area (Å²) in [4.78, 5) is 13.9. The van der Waals surface area contributed by atoms with Crippen LogP contribution in [0.5, 0.6) is 0 Å². The Balaban J connectivity index is 0.000000193. The Bertz CT molecular complexity index is 758. The Morgan fingerprint density at radius 1 is 0.741 bits per heavy atom. The molecule has 1 N–H and O–H groups in total. The maximum Gasteiger partial charge on any atom is 0.197 e. The van der Waals surface area contributed by atoms with Gasteiger partial charge in [0.2, 0.25) is 0 Å². The molecule has 27 heavy (non-hydrogen) atoms. The summed E-state index contributed by atoms with van der Waals surface area (Å²) in [6.45, 7) is 2.25. The lowest BCUT2D eigenvalue weighted by Crippen LogP contribution is -1.86. The summed E-state index contributed by atoms with van der Waals surface area (Å²) in [5, 5.41) is 2.61. The topological polar surface area (TPSA) is 32.9 Å². The van der Waals surface area contributed by atoms with Crippen molar-refractivity contribution in [2.24, 2.45) is 0 Å². The van der Waals surface area contributed by atoms with E-state index in [0.717, 1.165) is 6.42 Å². The van der Waals surface area contributed by atoms with Crippen molar-refractivity contribution in [3.8, 4) is 0 Å². The quantitative estimate of drug-likeness (QED) is 0.255. The van der Waals surface area contributed by atoms with Gasteiger partial charge in [-0.3, -0.25) is 4.79 Å². The number of rotatable bonds is 10. The molecule has 0 aliphatic carbocycles. The molecule has 0 aliphatic rings. The number of aromatic amines is 1. The molecular weight excluding hydrogens is 398 g/mol. The van der Waals surface area contributed by atoms with Crippen LogP contribution in [0.2, 0.25) is 0 Å². The molecule has 3 rings (SSSR count). The third-order valence-corrected chi connectivity index (χ3v) is 5.29. The number of H-pyrrole nitrogens is 1. The minimum atomic E-state index is 0.153. The van der Waals surface area contributed by atoms with Crippen molar-refractivity contribution >= 4 is 42.4 Å². The molecule has 0 spiro atoms. The number of carbonyl (C=O) groups is 1. The highest BCUT2D eigenvalue weighted by atomic mass is 79.9. The highest BCUT2D eigenvalue weighted by Crippen LogP contribution is 2.24. The predicted molar refractivity (Wildman–Crippen MR) is 122 cm³/mol. The molecule has 1 aromatic heterocycles. The average molecular weight is 430 g/mol. The summed E-state index contributed by atoms with van der Waals surface area (Å²) in [5.41, 5.74) is 2.42. The molecule has 0 saturated heterocycles. The van der Waals surface area contributed by atoms with Gasteiger partial charge in [0.05, 0.1) is 0 Å². The Labute approximate surface area is 171 Å². The van der Waals surface area contributed by atoms with Gasteiger partial charge in [0, 0.05) is 28.2 Å². The molecule has 1 heterocycles. The van der Waals surface area contributed by atoms with E-state index in [-0.39, 0.29) is 4.69 Å². The number of halogens is 1. The Morgan fingerprint density at radius 3 is 1.67 bits per heavy atom. The monoisotopic (exact) mass is 429 g/mol. The summed E-state index contributed by atoms with van der Waals surface area (Å²) >= 11 is 2.95. The number of benzene rings is 2. The number of unbranched alkanes of at least 4 members (excludes halogenated alkanes) is 8. The standard InChI is InChI=1S/C12H23BrO.C12H9N/c1-2-3-4-5-6-7-8-9-10-11-12(13)14;1-3-7-11-9(5-1)10-6-2-4-8-12(10)13-11/h2-11H2,1H3;1-8,13H. The van der Waals surface area contributed by atoms with Crippen LogP contribution in [0.25, 0.3) is 21.8 Å². The van der Waals surface area contributed by atoms with E-state index in [1.807, 2.05) is 0 Å². The summed E-state index contributed by atoms with van der Waals surface area (Å²) in [5.74, 6) is 0. The molecule has 2 nitrogen and oxygen atoms in total. The molecule has 0 saturated carbocycles. The molecule has 0 bridgehead atoms. The Kier molecular flexibility index (Phi) is 10.2. The maximum absolute atomic E-state index is 10.6. The fourth-order valence-electron chi connectivity index (χ4n) is 3.37. The van der Waals surface area contributed by atoms with Crippen LogP contribution in [0.4, 0.5) is 0 Å². The van der Waals surface area contributed by atoms with Crippen molar-refractivity contribution in [2.45, 2.75) is 71.1 Å². The van der Waals surface area contributed by atoms with Gasteiger partial charge in [-0.1, -0.05) is 94.7 Å². The summed E-state index contributed by atoms with van der Waals surface area (Å²) < 4.78 is 0.153. The number of aromatic nitrogens is 1. The predicted octanol–water partition coefficient (Wildman–Crippen LogP) is 8.15. The normalized spacial score (nSPS) is 10.7. The van der Waals surface area contributed by atoms with Crippen LogP contribution < -0.4 is 0 Å². The van der Waals surface area contributed by atoms with Crippen LogP contribution >= 0.6 is 15.9 Å². The minimum Gasteiger partial charge on any atom is -0.355 e. The zero-order chi connectivity index (χ0) is 19.3. The Hall–Kier alpha value is -1.61. The lowest BCUT2D eigenvalue weighted by Gasteiger charge is -2.00. The largest absolute Gasteiger partial charge is 0.355 e. The van der Waals surface area contributed by atoms with Gasteiger partial charge in [-0.05, 0) is 34.5 Å².